The van der Waals surface area contributed by atoms with Crippen LogP contribution in [0.3, 0.4) is 0 Å². The molecule has 1 aliphatic carbocycles. The molecule has 0 aromatic carbocycles. The highest BCUT2D eigenvalue weighted by atomic mass is 35.5. The van der Waals surface area contributed by atoms with Gasteiger partial charge in [0.2, 0.25) is 11.8 Å². The molecular weight excluding hydrogens is 278 g/mol. The number of amides is 2. The summed E-state index contributed by atoms with van der Waals surface area (Å²) in [5.41, 5.74) is 5.47. The summed E-state index contributed by atoms with van der Waals surface area (Å²) in [6, 6.07) is 0. The van der Waals surface area contributed by atoms with E-state index in [1.807, 2.05) is 0 Å². The summed E-state index contributed by atoms with van der Waals surface area (Å²) in [6.45, 7) is 6.78. The van der Waals surface area contributed by atoms with E-state index in [0.717, 1.165) is 32.4 Å². The van der Waals surface area contributed by atoms with Crippen LogP contribution in [0.5, 0.6) is 0 Å². The molecule has 0 radical (unpaired) electrons. The lowest BCUT2D eigenvalue weighted by Crippen LogP contribution is -2.42. The molecule has 5 nitrogen and oxygen atoms in total. The molecule has 3 N–H and O–H groups in total. The number of rotatable bonds is 5. The van der Waals surface area contributed by atoms with Crippen LogP contribution >= 0.6 is 12.4 Å². The van der Waals surface area contributed by atoms with Gasteiger partial charge in [-0.1, -0.05) is 13.8 Å². The summed E-state index contributed by atoms with van der Waals surface area (Å²) in [6.07, 6.45) is 3.14. The van der Waals surface area contributed by atoms with Crippen LogP contribution in [0.4, 0.5) is 0 Å². The maximum Gasteiger partial charge on any atom is 0.237 e. The Morgan fingerprint density at radius 3 is 2.45 bits per heavy atom. The van der Waals surface area contributed by atoms with Crippen LogP contribution in [0, 0.1) is 17.3 Å². The van der Waals surface area contributed by atoms with Gasteiger partial charge in [0.05, 0.1) is 6.54 Å². The summed E-state index contributed by atoms with van der Waals surface area (Å²) in [5.74, 6) is 0.183. The Bertz CT molecular complexity index is 367. The Balaban J connectivity index is 0.00000200. The van der Waals surface area contributed by atoms with Crippen molar-refractivity contribution in [3.05, 3.63) is 0 Å². The van der Waals surface area contributed by atoms with Gasteiger partial charge in [-0.2, -0.15) is 0 Å². The van der Waals surface area contributed by atoms with Crippen LogP contribution in [0.1, 0.15) is 33.1 Å². The Morgan fingerprint density at radius 2 is 1.95 bits per heavy atom. The van der Waals surface area contributed by atoms with Gasteiger partial charge in [0, 0.05) is 12.5 Å². The minimum Gasteiger partial charge on any atom is -0.368 e. The summed E-state index contributed by atoms with van der Waals surface area (Å²) >= 11 is 0. The molecule has 1 spiro atoms. The molecule has 1 heterocycles. The molecule has 1 unspecified atom stereocenters. The molecular formula is C14H26ClN3O2. The molecule has 2 aliphatic rings. The summed E-state index contributed by atoms with van der Waals surface area (Å²) < 4.78 is 0. The molecule has 1 aliphatic heterocycles. The van der Waals surface area contributed by atoms with E-state index in [-0.39, 0.29) is 36.2 Å². The molecule has 2 rings (SSSR count). The number of hydrogen-bond acceptors (Lipinski definition) is 3. The number of nitrogens with zero attached hydrogens (tertiary/aromatic N) is 1. The molecule has 1 saturated carbocycles. The van der Waals surface area contributed by atoms with Crippen molar-refractivity contribution in [2.75, 3.05) is 26.2 Å². The maximum atomic E-state index is 12.5. The first-order valence-corrected chi connectivity index (χ1v) is 7.22. The quantitative estimate of drug-likeness (QED) is 0.787. The number of primary amides is 1. The first-order valence-electron chi connectivity index (χ1n) is 7.22. The normalized spacial score (nSPS) is 23.2. The number of carbonyl (C=O) groups excluding carboxylic acids is 2. The molecule has 6 heteroatoms. The predicted octanol–water partition coefficient (Wildman–Crippen LogP) is 0.768. The average molecular weight is 304 g/mol. The fourth-order valence-electron chi connectivity index (χ4n) is 3.26. The smallest absolute Gasteiger partial charge is 0.237 e. The van der Waals surface area contributed by atoms with E-state index in [9.17, 15) is 9.59 Å². The van der Waals surface area contributed by atoms with Gasteiger partial charge in [-0.3, -0.25) is 9.59 Å². The zero-order chi connectivity index (χ0) is 14.0. The van der Waals surface area contributed by atoms with Crippen molar-refractivity contribution in [2.24, 2.45) is 23.0 Å². The Hall–Kier alpha value is -0.810. The lowest BCUT2D eigenvalue weighted by Gasteiger charge is -2.27. The summed E-state index contributed by atoms with van der Waals surface area (Å²) in [7, 11) is 0. The number of nitrogens with one attached hydrogen (secondary N) is 1. The number of nitrogens with two attached hydrogens (primary N) is 1. The van der Waals surface area contributed by atoms with E-state index in [4.69, 9.17) is 5.73 Å². The van der Waals surface area contributed by atoms with E-state index >= 15 is 0 Å². The fourth-order valence-corrected chi connectivity index (χ4v) is 3.26. The maximum absolute atomic E-state index is 12.5. The standard InChI is InChI=1S/C14H25N3O2.ClH/c1-10(2)8-17(9-12(15)18)13(19)11-7-14(11)3-5-16-6-4-14;/h10-11,16H,3-9H2,1-2H3,(H2,15,18);1H. The van der Waals surface area contributed by atoms with E-state index < -0.39 is 5.91 Å². The Morgan fingerprint density at radius 1 is 1.35 bits per heavy atom. The van der Waals surface area contributed by atoms with Crippen LogP contribution in [0.25, 0.3) is 0 Å². The Kier molecular flexibility index (Phi) is 5.83. The number of halogens is 1. The van der Waals surface area contributed by atoms with Gasteiger partial charge in [-0.15, -0.1) is 12.4 Å². The van der Waals surface area contributed by atoms with Crippen molar-refractivity contribution in [3.8, 4) is 0 Å². The van der Waals surface area contributed by atoms with Crippen molar-refractivity contribution in [1.29, 1.82) is 0 Å². The molecule has 1 saturated heterocycles. The highest BCUT2D eigenvalue weighted by Gasteiger charge is 2.58. The van der Waals surface area contributed by atoms with Crippen molar-refractivity contribution in [1.82, 2.24) is 10.2 Å². The average Bonchev–Trinajstić information content (AvgIpc) is 3.01. The molecule has 2 amide bonds. The SMILES string of the molecule is CC(C)CN(CC(N)=O)C(=O)C1CC12CCNCC2.Cl. The third kappa shape index (κ3) is 3.85. The first kappa shape index (κ1) is 17.2. The van der Waals surface area contributed by atoms with E-state index in [1.165, 1.54) is 0 Å². The highest BCUT2D eigenvalue weighted by Crippen LogP contribution is 2.59. The van der Waals surface area contributed by atoms with E-state index in [1.54, 1.807) is 4.90 Å². The van der Waals surface area contributed by atoms with Crippen LogP contribution in [-0.2, 0) is 9.59 Å². The first-order chi connectivity index (χ1) is 8.94. The van der Waals surface area contributed by atoms with Crippen LogP contribution in [-0.4, -0.2) is 42.9 Å². The molecule has 1 atom stereocenters. The van der Waals surface area contributed by atoms with Crippen molar-refractivity contribution >= 4 is 24.2 Å². The summed E-state index contributed by atoms with van der Waals surface area (Å²) in [5, 5.41) is 3.33. The van der Waals surface area contributed by atoms with Gasteiger partial charge in [-0.05, 0) is 43.7 Å². The van der Waals surface area contributed by atoms with Crippen molar-refractivity contribution < 1.29 is 9.59 Å². The zero-order valence-corrected chi connectivity index (χ0v) is 13.2. The highest BCUT2D eigenvalue weighted by molar-refractivity contribution is 5.87. The van der Waals surface area contributed by atoms with Crippen LogP contribution in [0.2, 0.25) is 0 Å². The molecule has 116 valence electrons. The third-order valence-electron chi connectivity index (χ3n) is 4.33. The topological polar surface area (TPSA) is 75.4 Å². The van der Waals surface area contributed by atoms with Crippen LogP contribution < -0.4 is 11.1 Å². The van der Waals surface area contributed by atoms with Gasteiger partial charge in [0.15, 0.2) is 0 Å². The van der Waals surface area contributed by atoms with Gasteiger partial charge in [0.25, 0.3) is 0 Å². The van der Waals surface area contributed by atoms with Gasteiger partial charge < -0.3 is 16.0 Å². The van der Waals surface area contributed by atoms with Crippen LogP contribution in [0.15, 0.2) is 0 Å². The van der Waals surface area contributed by atoms with E-state index in [0.29, 0.717) is 12.5 Å². The zero-order valence-electron chi connectivity index (χ0n) is 12.4. The second-order valence-corrected chi connectivity index (χ2v) is 6.45. The van der Waals surface area contributed by atoms with E-state index in [2.05, 4.69) is 19.2 Å². The lowest BCUT2D eigenvalue weighted by molar-refractivity contribution is -0.137. The predicted molar refractivity (Wildman–Crippen MR) is 80.5 cm³/mol. The molecule has 20 heavy (non-hydrogen) atoms. The minimum atomic E-state index is -0.422. The van der Waals surface area contributed by atoms with Gasteiger partial charge >= 0.3 is 0 Å². The largest absolute Gasteiger partial charge is 0.368 e. The fraction of sp³-hybridized carbons (Fsp3) is 0.857. The van der Waals surface area contributed by atoms with Crippen molar-refractivity contribution in [3.63, 3.8) is 0 Å². The number of piperidine rings is 1. The molecule has 2 fully saturated rings. The van der Waals surface area contributed by atoms with Gasteiger partial charge in [-0.25, -0.2) is 0 Å². The second kappa shape index (κ2) is 6.76. The molecule has 0 bridgehead atoms. The lowest BCUT2D eigenvalue weighted by atomic mass is 9.91. The molecule has 0 aromatic heterocycles. The number of hydrogen-bond donors (Lipinski definition) is 2. The Labute approximate surface area is 127 Å². The minimum absolute atomic E-state index is 0. The second-order valence-electron chi connectivity index (χ2n) is 6.45. The summed E-state index contributed by atoms with van der Waals surface area (Å²) in [4.78, 5) is 25.3. The third-order valence-corrected chi connectivity index (χ3v) is 4.33. The van der Waals surface area contributed by atoms with Gasteiger partial charge in [0.1, 0.15) is 0 Å². The van der Waals surface area contributed by atoms with Crippen molar-refractivity contribution in [2.45, 2.75) is 33.1 Å². The number of carbonyl (C=O) groups is 2. The molecule has 0 aromatic rings. The monoisotopic (exact) mass is 303 g/mol.